The zero-order chi connectivity index (χ0) is 17.3. The van der Waals surface area contributed by atoms with Crippen LogP contribution in [-0.4, -0.2) is 46.1 Å². The number of carbonyl (C=O) groups excluding carboxylic acids is 4. The lowest BCUT2D eigenvalue weighted by molar-refractivity contribution is -0.144. The molecular weight excluding hydrogens is 345 g/mol. The Labute approximate surface area is 142 Å². The Morgan fingerprint density at radius 1 is 1.17 bits per heavy atom. The van der Waals surface area contributed by atoms with Crippen LogP contribution in [0, 0.1) is 0 Å². The predicted octanol–water partition coefficient (Wildman–Crippen LogP) is 2.13. The number of carbonyl (C=O) groups is 4. The van der Waals surface area contributed by atoms with E-state index >= 15 is 0 Å². The average molecular weight is 358 g/mol. The van der Waals surface area contributed by atoms with E-state index in [4.69, 9.17) is 23.2 Å². The van der Waals surface area contributed by atoms with E-state index in [1.807, 2.05) is 0 Å². The summed E-state index contributed by atoms with van der Waals surface area (Å²) in [7, 11) is 0. The zero-order valence-electron chi connectivity index (χ0n) is 12.3. The fourth-order valence-corrected chi connectivity index (χ4v) is 2.50. The van der Waals surface area contributed by atoms with Crippen LogP contribution in [0.1, 0.15) is 13.8 Å². The number of nitrogens with one attached hydrogen (secondary N) is 1. The smallest absolute Gasteiger partial charge is 0.323 e. The Kier molecular flexibility index (Phi) is 4.91. The fourth-order valence-electron chi connectivity index (χ4n) is 2.04. The van der Waals surface area contributed by atoms with Gasteiger partial charge in [0.2, 0.25) is 5.91 Å². The van der Waals surface area contributed by atoms with Crippen LogP contribution in [0.5, 0.6) is 0 Å². The van der Waals surface area contributed by atoms with E-state index < -0.39 is 36.3 Å². The van der Waals surface area contributed by atoms with Crippen LogP contribution < -0.4 is 5.32 Å². The van der Waals surface area contributed by atoms with Crippen molar-refractivity contribution in [3.8, 4) is 0 Å². The lowest BCUT2D eigenvalue weighted by atomic mass is 10.3. The third-order valence-corrected chi connectivity index (χ3v) is 3.66. The highest BCUT2D eigenvalue weighted by Gasteiger charge is 2.46. The summed E-state index contributed by atoms with van der Waals surface area (Å²) < 4.78 is 0. The maximum Gasteiger partial charge on any atom is 0.334 e. The van der Waals surface area contributed by atoms with Gasteiger partial charge in [0.15, 0.2) is 0 Å². The molecule has 0 radical (unpaired) electrons. The molecule has 5 amide bonds. The summed E-state index contributed by atoms with van der Waals surface area (Å²) in [4.78, 5) is 49.0. The van der Waals surface area contributed by atoms with Gasteiger partial charge in [-0.3, -0.25) is 19.3 Å². The number of urea groups is 1. The molecule has 0 unspecified atom stereocenters. The second-order valence-electron chi connectivity index (χ2n) is 5.12. The van der Waals surface area contributed by atoms with Crippen LogP contribution in [0.4, 0.5) is 10.5 Å². The molecule has 122 valence electrons. The number of hydrogen-bond donors (Lipinski definition) is 1. The van der Waals surface area contributed by atoms with E-state index in [2.05, 4.69) is 5.32 Å². The van der Waals surface area contributed by atoms with Crippen molar-refractivity contribution in [3.63, 3.8) is 0 Å². The highest BCUT2D eigenvalue weighted by Crippen LogP contribution is 2.25. The van der Waals surface area contributed by atoms with Gasteiger partial charge in [0.05, 0.1) is 10.7 Å². The van der Waals surface area contributed by atoms with Gasteiger partial charge in [-0.05, 0) is 32.0 Å². The molecule has 2 rings (SSSR count). The first kappa shape index (κ1) is 17.2. The fraction of sp³-hybridized carbons (Fsp3) is 0.286. The summed E-state index contributed by atoms with van der Waals surface area (Å²) in [5, 5.41) is 3.07. The molecule has 1 aliphatic heterocycles. The van der Waals surface area contributed by atoms with Crippen molar-refractivity contribution < 1.29 is 19.2 Å². The number of anilines is 1. The molecule has 1 fully saturated rings. The van der Waals surface area contributed by atoms with E-state index in [0.29, 0.717) is 9.92 Å². The summed E-state index contributed by atoms with van der Waals surface area (Å²) in [5.41, 5.74) is 0.284. The summed E-state index contributed by atoms with van der Waals surface area (Å²) in [6.45, 7) is 2.62. The largest absolute Gasteiger partial charge is 0.334 e. The number of imide groups is 2. The van der Waals surface area contributed by atoms with E-state index in [9.17, 15) is 19.2 Å². The molecule has 1 saturated heterocycles. The lowest BCUT2D eigenvalue weighted by Crippen LogP contribution is -2.40. The van der Waals surface area contributed by atoms with Crippen molar-refractivity contribution >= 4 is 52.6 Å². The molecule has 0 aromatic heterocycles. The topological polar surface area (TPSA) is 86.8 Å². The minimum Gasteiger partial charge on any atom is -0.323 e. The van der Waals surface area contributed by atoms with Crippen molar-refractivity contribution in [3.05, 3.63) is 28.2 Å². The second kappa shape index (κ2) is 6.55. The van der Waals surface area contributed by atoms with Gasteiger partial charge in [0, 0.05) is 11.1 Å². The summed E-state index contributed by atoms with van der Waals surface area (Å²) >= 11 is 11.7. The number of amides is 5. The van der Waals surface area contributed by atoms with Gasteiger partial charge >= 0.3 is 17.8 Å². The standard InChI is InChI=1S/C14H13Cl2N3O4/c1-7(2)19-13(22)12(21)18(14(19)23)6-11(20)17-10-4-3-8(15)5-9(10)16/h3-5,7H,6H2,1-2H3,(H,17,20). The summed E-state index contributed by atoms with van der Waals surface area (Å²) in [5.74, 6) is -2.63. The molecule has 1 aromatic carbocycles. The predicted molar refractivity (Wildman–Crippen MR) is 84.2 cm³/mol. The van der Waals surface area contributed by atoms with Crippen molar-refractivity contribution in [2.24, 2.45) is 0 Å². The SMILES string of the molecule is CC(C)N1C(=O)C(=O)N(CC(=O)Nc2ccc(Cl)cc2Cl)C1=O. The molecule has 1 heterocycles. The molecule has 9 heteroatoms. The Hall–Kier alpha value is -2.12. The number of nitrogens with zero attached hydrogens (tertiary/aromatic N) is 2. The van der Waals surface area contributed by atoms with Crippen LogP contribution in [-0.2, 0) is 14.4 Å². The van der Waals surface area contributed by atoms with Crippen molar-refractivity contribution in [2.45, 2.75) is 19.9 Å². The first-order chi connectivity index (χ1) is 10.7. The highest BCUT2D eigenvalue weighted by molar-refractivity contribution is 6.45. The highest BCUT2D eigenvalue weighted by atomic mass is 35.5. The van der Waals surface area contributed by atoms with Crippen LogP contribution in [0.15, 0.2) is 18.2 Å². The number of halogens is 2. The number of rotatable bonds is 4. The zero-order valence-corrected chi connectivity index (χ0v) is 13.8. The quantitative estimate of drug-likeness (QED) is 0.660. The number of hydrogen-bond acceptors (Lipinski definition) is 4. The normalized spacial score (nSPS) is 14.9. The molecule has 1 N–H and O–H groups in total. The molecule has 7 nitrogen and oxygen atoms in total. The Bertz CT molecular complexity index is 705. The molecule has 0 bridgehead atoms. The molecule has 0 spiro atoms. The second-order valence-corrected chi connectivity index (χ2v) is 5.96. The van der Waals surface area contributed by atoms with Gasteiger partial charge in [0.1, 0.15) is 6.54 Å². The molecule has 1 aromatic rings. The molecule has 0 saturated carbocycles. The van der Waals surface area contributed by atoms with E-state index in [-0.39, 0.29) is 10.7 Å². The molecule has 23 heavy (non-hydrogen) atoms. The van der Waals surface area contributed by atoms with Gasteiger partial charge in [-0.1, -0.05) is 23.2 Å². The minimum absolute atomic E-state index is 0.213. The van der Waals surface area contributed by atoms with Gasteiger partial charge in [-0.15, -0.1) is 0 Å². The monoisotopic (exact) mass is 357 g/mol. The van der Waals surface area contributed by atoms with E-state index in [1.165, 1.54) is 18.2 Å². The maximum atomic E-state index is 12.1. The molecule has 0 atom stereocenters. The van der Waals surface area contributed by atoms with Crippen LogP contribution in [0.25, 0.3) is 0 Å². The van der Waals surface area contributed by atoms with Crippen LogP contribution in [0.2, 0.25) is 10.0 Å². The first-order valence-electron chi connectivity index (χ1n) is 6.66. The van der Waals surface area contributed by atoms with Gasteiger partial charge < -0.3 is 5.32 Å². The van der Waals surface area contributed by atoms with Crippen molar-refractivity contribution in [1.29, 1.82) is 0 Å². The minimum atomic E-state index is -1.03. The van der Waals surface area contributed by atoms with Crippen LogP contribution in [0.3, 0.4) is 0 Å². The van der Waals surface area contributed by atoms with Crippen LogP contribution >= 0.6 is 23.2 Å². The van der Waals surface area contributed by atoms with Gasteiger partial charge in [0.25, 0.3) is 0 Å². The Morgan fingerprint density at radius 3 is 2.35 bits per heavy atom. The molecule has 1 aliphatic rings. The Morgan fingerprint density at radius 2 is 1.83 bits per heavy atom. The molecule has 0 aliphatic carbocycles. The van der Waals surface area contributed by atoms with Gasteiger partial charge in [-0.25, -0.2) is 9.69 Å². The van der Waals surface area contributed by atoms with Gasteiger partial charge in [-0.2, -0.15) is 0 Å². The average Bonchev–Trinajstić information content (AvgIpc) is 2.66. The first-order valence-corrected chi connectivity index (χ1v) is 7.42. The van der Waals surface area contributed by atoms with Crippen molar-refractivity contribution in [2.75, 3.05) is 11.9 Å². The Balaban J connectivity index is 2.10. The summed E-state index contributed by atoms with van der Waals surface area (Å²) in [6, 6.07) is 3.17. The van der Waals surface area contributed by atoms with E-state index in [0.717, 1.165) is 4.90 Å². The third-order valence-electron chi connectivity index (χ3n) is 3.11. The number of benzene rings is 1. The molecular formula is C14H13Cl2N3O4. The van der Waals surface area contributed by atoms with E-state index in [1.54, 1.807) is 13.8 Å². The maximum absolute atomic E-state index is 12.1. The third kappa shape index (κ3) is 3.46. The summed E-state index contributed by atoms with van der Waals surface area (Å²) in [6.07, 6.45) is 0. The lowest BCUT2D eigenvalue weighted by Gasteiger charge is -2.18. The van der Waals surface area contributed by atoms with Crippen molar-refractivity contribution in [1.82, 2.24) is 9.80 Å².